The van der Waals surface area contributed by atoms with Gasteiger partial charge in [-0.2, -0.15) is 0 Å². The highest BCUT2D eigenvalue weighted by atomic mass is 16.2. The van der Waals surface area contributed by atoms with Crippen LogP contribution in [0.3, 0.4) is 0 Å². The molecule has 1 fully saturated rings. The molecule has 3 rings (SSSR count). The molecule has 0 bridgehead atoms. The van der Waals surface area contributed by atoms with Gasteiger partial charge in [-0.25, -0.2) is 0 Å². The van der Waals surface area contributed by atoms with Gasteiger partial charge in [-0.1, -0.05) is 12.1 Å². The van der Waals surface area contributed by atoms with Gasteiger partial charge in [0.15, 0.2) is 0 Å². The lowest BCUT2D eigenvalue weighted by Gasteiger charge is -2.34. The van der Waals surface area contributed by atoms with Crippen molar-refractivity contribution in [3.8, 4) is 0 Å². The molecule has 1 aliphatic heterocycles. The molecular formula is C21H28N4O. The van der Waals surface area contributed by atoms with E-state index in [1.165, 1.54) is 16.7 Å². The van der Waals surface area contributed by atoms with Gasteiger partial charge >= 0.3 is 0 Å². The molecule has 2 aromatic rings. The van der Waals surface area contributed by atoms with Crippen LogP contribution < -0.4 is 5.32 Å². The average Bonchev–Trinajstić information content (AvgIpc) is 2.62. The van der Waals surface area contributed by atoms with Gasteiger partial charge in [-0.3, -0.25) is 19.6 Å². The van der Waals surface area contributed by atoms with Crippen LogP contribution in [0.15, 0.2) is 36.7 Å². The van der Waals surface area contributed by atoms with Crippen molar-refractivity contribution in [2.24, 2.45) is 0 Å². The lowest BCUT2D eigenvalue weighted by Crippen LogP contribution is -2.48. The Kier molecular flexibility index (Phi) is 6.01. The summed E-state index contributed by atoms with van der Waals surface area (Å²) in [6, 6.07) is 8.07. The maximum absolute atomic E-state index is 12.4. The molecule has 0 saturated carbocycles. The number of carbonyl (C=O) groups is 1. The number of aromatic nitrogens is 1. The minimum atomic E-state index is 0.0650. The monoisotopic (exact) mass is 352 g/mol. The van der Waals surface area contributed by atoms with E-state index in [1.807, 2.05) is 31.5 Å². The number of pyridine rings is 1. The van der Waals surface area contributed by atoms with Gasteiger partial charge in [0.05, 0.1) is 6.54 Å². The van der Waals surface area contributed by atoms with Crippen LogP contribution in [0.1, 0.15) is 22.3 Å². The number of carbonyl (C=O) groups excluding carboxylic acids is 1. The van der Waals surface area contributed by atoms with Crippen molar-refractivity contribution in [2.75, 3.05) is 38.0 Å². The predicted molar refractivity (Wildman–Crippen MR) is 105 cm³/mol. The van der Waals surface area contributed by atoms with Gasteiger partial charge in [-0.15, -0.1) is 0 Å². The van der Waals surface area contributed by atoms with E-state index < -0.39 is 0 Å². The third kappa shape index (κ3) is 4.68. The van der Waals surface area contributed by atoms with Crippen molar-refractivity contribution in [1.29, 1.82) is 0 Å². The molecule has 0 unspecified atom stereocenters. The highest BCUT2D eigenvalue weighted by Crippen LogP contribution is 2.18. The summed E-state index contributed by atoms with van der Waals surface area (Å²) in [4.78, 5) is 21.3. The summed E-state index contributed by atoms with van der Waals surface area (Å²) in [5, 5.41) is 3.05. The van der Waals surface area contributed by atoms with Crippen LogP contribution in [0.25, 0.3) is 0 Å². The summed E-state index contributed by atoms with van der Waals surface area (Å²) in [6.07, 6.45) is 3.80. The number of rotatable bonds is 5. The molecule has 5 nitrogen and oxygen atoms in total. The summed E-state index contributed by atoms with van der Waals surface area (Å²) in [5.74, 6) is 0.0650. The molecule has 1 N–H and O–H groups in total. The Hall–Kier alpha value is -2.24. The number of nitrogens with zero attached hydrogens (tertiary/aromatic N) is 3. The summed E-state index contributed by atoms with van der Waals surface area (Å²) in [7, 11) is 0. The number of hydrogen-bond acceptors (Lipinski definition) is 4. The lowest BCUT2D eigenvalue weighted by atomic mass is 10.1. The molecule has 1 aliphatic rings. The van der Waals surface area contributed by atoms with Gasteiger partial charge < -0.3 is 5.32 Å². The van der Waals surface area contributed by atoms with E-state index in [0.717, 1.165) is 44.0 Å². The first-order chi connectivity index (χ1) is 12.5. The van der Waals surface area contributed by atoms with E-state index in [-0.39, 0.29) is 5.91 Å². The zero-order valence-electron chi connectivity index (χ0n) is 16.0. The number of piperazine rings is 1. The number of nitrogens with one attached hydrogen (secondary N) is 1. The second kappa shape index (κ2) is 8.43. The molecule has 138 valence electrons. The fraction of sp³-hybridized carbons (Fsp3) is 0.429. The van der Waals surface area contributed by atoms with Crippen molar-refractivity contribution >= 4 is 11.6 Å². The summed E-state index contributed by atoms with van der Waals surface area (Å²) in [5.41, 5.74) is 5.82. The van der Waals surface area contributed by atoms with Crippen molar-refractivity contribution in [1.82, 2.24) is 14.8 Å². The Labute approximate surface area is 156 Å². The maximum atomic E-state index is 12.4. The van der Waals surface area contributed by atoms with E-state index in [0.29, 0.717) is 6.54 Å². The Morgan fingerprint density at radius 1 is 1.04 bits per heavy atom. The molecule has 1 aromatic heterocycles. The highest BCUT2D eigenvalue weighted by molar-refractivity contribution is 5.93. The van der Waals surface area contributed by atoms with E-state index in [9.17, 15) is 4.79 Å². The SMILES string of the molecule is Cc1ccncc1CN1CCN(CC(=O)Nc2cccc(C)c2C)CC1. The molecule has 1 amide bonds. The van der Waals surface area contributed by atoms with Crippen LogP contribution in [0, 0.1) is 20.8 Å². The standard InChI is InChI=1S/C21H28N4O/c1-16-5-4-6-20(18(16)3)23-21(26)15-25-11-9-24(10-12-25)14-19-13-22-8-7-17(19)2/h4-8,13H,9-12,14-15H2,1-3H3,(H,23,26). The largest absolute Gasteiger partial charge is 0.325 e. The number of hydrogen-bond donors (Lipinski definition) is 1. The molecule has 0 aliphatic carbocycles. The van der Waals surface area contributed by atoms with E-state index >= 15 is 0 Å². The van der Waals surface area contributed by atoms with Crippen LogP contribution in [-0.2, 0) is 11.3 Å². The minimum absolute atomic E-state index is 0.0650. The second-order valence-electron chi connectivity index (χ2n) is 7.15. The number of amides is 1. The zero-order chi connectivity index (χ0) is 18.5. The molecule has 2 heterocycles. The molecule has 1 saturated heterocycles. The third-order valence-electron chi connectivity index (χ3n) is 5.25. The van der Waals surface area contributed by atoms with E-state index in [1.54, 1.807) is 0 Å². The van der Waals surface area contributed by atoms with Gasteiger partial charge in [0.1, 0.15) is 0 Å². The highest BCUT2D eigenvalue weighted by Gasteiger charge is 2.19. The first-order valence-electron chi connectivity index (χ1n) is 9.23. The van der Waals surface area contributed by atoms with E-state index in [2.05, 4.69) is 46.1 Å². The smallest absolute Gasteiger partial charge is 0.238 e. The zero-order valence-corrected chi connectivity index (χ0v) is 16.0. The number of aryl methyl sites for hydroxylation is 2. The molecular weight excluding hydrogens is 324 g/mol. The molecule has 5 heteroatoms. The molecule has 0 radical (unpaired) electrons. The van der Waals surface area contributed by atoms with Crippen molar-refractivity contribution < 1.29 is 4.79 Å². The fourth-order valence-corrected chi connectivity index (χ4v) is 3.29. The predicted octanol–water partition coefficient (Wildman–Crippen LogP) is 2.76. The van der Waals surface area contributed by atoms with Gasteiger partial charge in [0.2, 0.25) is 5.91 Å². The Morgan fingerprint density at radius 3 is 2.50 bits per heavy atom. The molecule has 1 aromatic carbocycles. The molecule has 0 spiro atoms. The lowest BCUT2D eigenvalue weighted by molar-refractivity contribution is -0.117. The minimum Gasteiger partial charge on any atom is -0.325 e. The first kappa shape index (κ1) is 18.5. The van der Waals surface area contributed by atoms with Crippen LogP contribution in [0.2, 0.25) is 0 Å². The number of benzene rings is 1. The maximum Gasteiger partial charge on any atom is 0.238 e. The summed E-state index contributed by atoms with van der Waals surface area (Å²) >= 11 is 0. The Morgan fingerprint density at radius 2 is 1.77 bits per heavy atom. The third-order valence-corrected chi connectivity index (χ3v) is 5.25. The van der Waals surface area contributed by atoms with Crippen molar-refractivity contribution in [2.45, 2.75) is 27.3 Å². The average molecular weight is 352 g/mol. The molecule has 0 atom stereocenters. The van der Waals surface area contributed by atoms with Gasteiger partial charge in [-0.05, 0) is 55.2 Å². The van der Waals surface area contributed by atoms with Gasteiger partial charge in [0, 0.05) is 50.8 Å². The van der Waals surface area contributed by atoms with Crippen LogP contribution in [0.4, 0.5) is 5.69 Å². The van der Waals surface area contributed by atoms with Crippen LogP contribution >= 0.6 is 0 Å². The topological polar surface area (TPSA) is 48.5 Å². The van der Waals surface area contributed by atoms with Gasteiger partial charge in [0.25, 0.3) is 0 Å². The van der Waals surface area contributed by atoms with Crippen molar-refractivity contribution in [3.63, 3.8) is 0 Å². The second-order valence-corrected chi connectivity index (χ2v) is 7.15. The summed E-state index contributed by atoms with van der Waals surface area (Å²) < 4.78 is 0. The fourth-order valence-electron chi connectivity index (χ4n) is 3.29. The first-order valence-corrected chi connectivity index (χ1v) is 9.23. The quantitative estimate of drug-likeness (QED) is 0.899. The Bertz CT molecular complexity index is 766. The summed E-state index contributed by atoms with van der Waals surface area (Å²) in [6.45, 7) is 11.4. The van der Waals surface area contributed by atoms with Crippen LogP contribution in [-0.4, -0.2) is 53.4 Å². The van der Waals surface area contributed by atoms with Crippen LogP contribution in [0.5, 0.6) is 0 Å². The van der Waals surface area contributed by atoms with Crippen molar-refractivity contribution in [3.05, 3.63) is 58.9 Å². The number of anilines is 1. The Balaban J connectivity index is 1.47. The normalized spacial score (nSPS) is 15.8. The molecule has 26 heavy (non-hydrogen) atoms. The van der Waals surface area contributed by atoms with E-state index in [4.69, 9.17) is 0 Å².